The molecule has 0 unspecified atom stereocenters. The van der Waals surface area contributed by atoms with Crippen LogP contribution in [-0.4, -0.2) is 28.2 Å². The molecular weight excluding hydrogens is 248 g/mol. The van der Waals surface area contributed by atoms with E-state index in [-0.39, 0.29) is 12.0 Å². The van der Waals surface area contributed by atoms with Gasteiger partial charge in [-0.1, -0.05) is 12.1 Å². The first kappa shape index (κ1) is 12.8. The standard InChI is InChI=1S/C13H12N2O4/c1-19-10-4-2-3-8(5-10)12-14-7-9(6-11(16)17)13(18)15-12/h2-5,7H,6H2,1H3,(H,16,17)(H,14,15,18). The predicted octanol–water partition coefficient (Wildman–Crippen LogP) is 1.07. The number of carboxylic acids is 1. The normalized spacial score (nSPS) is 10.2. The lowest BCUT2D eigenvalue weighted by Gasteiger charge is -2.04. The number of rotatable bonds is 4. The van der Waals surface area contributed by atoms with Gasteiger partial charge in [0.25, 0.3) is 5.56 Å². The Balaban J connectivity index is 2.38. The van der Waals surface area contributed by atoms with Crippen LogP contribution in [0.2, 0.25) is 0 Å². The average Bonchev–Trinajstić information content (AvgIpc) is 2.40. The molecule has 0 bridgehead atoms. The van der Waals surface area contributed by atoms with Crippen molar-refractivity contribution in [3.8, 4) is 17.1 Å². The molecule has 2 rings (SSSR count). The Hall–Kier alpha value is -2.63. The molecule has 0 saturated heterocycles. The summed E-state index contributed by atoms with van der Waals surface area (Å²) >= 11 is 0. The van der Waals surface area contributed by atoms with Crippen LogP contribution in [0.5, 0.6) is 5.75 Å². The fourth-order valence-electron chi connectivity index (χ4n) is 1.63. The van der Waals surface area contributed by atoms with Crippen molar-refractivity contribution in [1.82, 2.24) is 9.97 Å². The number of hydrogen-bond acceptors (Lipinski definition) is 4. The molecule has 0 aliphatic heterocycles. The van der Waals surface area contributed by atoms with E-state index >= 15 is 0 Å². The van der Waals surface area contributed by atoms with Crippen molar-refractivity contribution in [2.45, 2.75) is 6.42 Å². The minimum absolute atomic E-state index is 0.124. The van der Waals surface area contributed by atoms with E-state index in [2.05, 4.69) is 9.97 Å². The fourth-order valence-corrected chi connectivity index (χ4v) is 1.63. The van der Waals surface area contributed by atoms with Gasteiger partial charge in [-0.2, -0.15) is 0 Å². The van der Waals surface area contributed by atoms with E-state index in [1.54, 1.807) is 31.4 Å². The number of ether oxygens (including phenoxy) is 1. The summed E-state index contributed by atoms with van der Waals surface area (Å²) in [7, 11) is 1.55. The van der Waals surface area contributed by atoms with Crippen LogP contribution in [0.4, 0.5) is 0 Å². The van der Waals surface area contributed by atoms with E-state index < -0.39 is 11.5 Å². The van der Waals surface area contributed by atoms with Gasteiger partial charge in [-0.25, -0.2) is 4.98 Å². The quantitative estimate of drug-likeness (QED) is 0.857. The van der Waals surface area contributed by atoms with E-state index in [9.17, 15) is 9.59 Å². The predicted molar refractivity (Wildman–Crippen MR) is 68.2 cm³/mol. The van der Waals surface area contributed by atoms with Crippen LogP contribution < -0.4 is 10.3 Å². The summed E-state index contributed by atoms with van der Waals surface area (Å²) in [5.41, 5.74) is 0.368. The van der Waals surface area contributed by atoms with Gasteiger partial charge in [0.2, 0.25) is 0 Å². The molecule has 1 heterocycles. The Labute approximate surface area is 108 Å². The maximum atomic E-state index is 11.7. The first-order valence-electron chi connectivity index (χ1n) is 5.54. The molecule has 0 aliphatic carbocycles. The van der Waals surface area contributed by atoms with E-state index in [1.165, 1.54) is 6.20 Å². The van der Waals surface area contributed by atoms with E-state index in [0.29, 0.717) is 17.1 Å². The molecule has 0 aliphatic rings. The fraction of sp³-hybridized carbons (Fsp3) is 0.154. The SMILES string of the molecule is COc1cccc(-c2ncc(CC(=O)O)c(=O)[nH]2)c1. The lowest BCUT2D eigenvalue weighted by atomic mass is 10.2. The Morgan fingerprint density at radius 3 is 2.89 bits per heavy atom. The van der Waals surface area contributed by atoms with Gasteiger partial charge in [0.1, 0.15) is 11.6 Å². The molecule has 0 radical (unpaired) electrons. The molecule has 19 heavy (non-hydrogen) atoms. The maximum Gasteiger partial charge on any atom is 0.308 e. The summed E-state index contributed by atoms with van der Waals surface area (Å²) < 4.78 is 5.09. The molecule has 0 fully saturated rings. The molecule has 6 nitrogen and oxygen atoms in total. The number of methoxy groups -OCH3 is 1. The van der Waals surface area contributed by atoms with Crippen LogP contribution >= 0.6 is 0 Å². The van der Waals surface area contributed by atoms with Gasteiger partial charge < -0.3 is 14.8 Å². The topological polar surface area (TPSA) is 92.3 Å². The molecule has 6 heteroatoms. The van der Waals surface area contributed by atoms with Gasteiger partial charge in [0.05, 0.1) is 13.5 Å². The molecule has 2 N–H and O–H groups in total. The molecule has 0 amide bonds. The van der Waals surface area contributed by atoms with Crippen LogP contribution in [0, 0.1) is 0 Å². The monoisotopic (exact) mass is 260 g/mol. The van der Waals surface area contributed by atoms with E-state index in [4.69, 9.17) is 9.84 Å². The molecule has 0 saturated carbocycles. The molecule has 0 spiro atoms. The first-order valence-corrected chi connectivity index (χ1v) is 5.54. The van der Waals surface area contributed by atoms with Crippen LogP contribution in [0.25, 0.3) is 11.4 Å². The average molecular weight is 260 g/mol. The van der Waals surface area contributed by atoms with Crippen molar-refractivity contribution in [1.29, 1.82) is 0 Å². The highest BCUT2D eigenvalue weighted by atomic mass is 16.5. The molecule has 2 aromatic rings. The van der Waals surface area contributed by atoms with Crippen LogP contribution in [0.15, 0.2) is 35.3 Å². The van der Waals surface area contributed by atoms with Gasteiger partial charge >= 0.3 is 5.97 Å². The Morgan fingerprint density at radius 1 is 1.47 bits per heavy atom. The number of nitrogens with zero attached hydrogens (tertiary/aromatic N) is 1. The third kappa shape index (κ3) is 2.98. The summed E-state index contributed by atoms with van der Waals surface area (Å²) in [6.07, 6.45) is 0.933. The zero-order valence-corrected chi connectivity index (χ0v) is 10.2. The van der Waals surface area contributed by atoms with E-state index in [1.807, 2.05) is 0 Å². The number of nitrogens with one attached hydrogen (secondary N) is 1. The second-order valence-corrected chi connectivity index (χ2v) is 3.89. The zero-order valence-electron chi connectivity index (χ0n) is 10.2. The number of aromatic amines is 1. The van der Waals surface area contributed by atoms with Crippen molar-refractivity contribution in [2.24, 2.45) is 0 Å². The Morgan fingerprint density at radius 2 is 2.26 bits per heavy atom. The number of aromatic nitrogens is 2. The summed E-state index contributed by atoms with van der Waals surface area (Å²) in [5, 5.41) is 8.65. The van der Waals surface area contributed by atoms with E-state index in [0.717, 1.165) is 0 Å². The van der Waals surface area contributed by atoms with Crippen molar-refractivity contribution < 1.29 is 14.6 Å². The minimum Gasteiger partial charge on any atom is -0.497 e. The van der Waals surface area contributed by atoms with Crippen molar-refractivity contribution in [3.63, 3.8) is 0 Å². The summed E-state index contributed by atoms with van der Waals surface area (Å²) in [6, 6.07) is 7.06. The number of carbonyl (C=O) groups is 1. The Bertz CT molecular complexity index is 664. The molecule has 0 atom stereocenters. The first-order chi connectivity index (χ1) is 9.10. The number of H-pyrrole nitrogens is 1. The summed E-state index contributed by atoms with van der Waals surface area (Å²) in [5.74, 6) is -0.0470. The van der Waals surface area contributed by atoms with Crippen LogP contribution in [0.1, 0.15) is 5.56 Å². The Kier molecular flexibility index (Phi) is 3.61. The third-order valence-electron chi connectivity index (χ3n) is 2.56. The highest BCUT2D eigenvalue weighted by Gasteiger charge is 2.08. The molecular formula is C13H12N2O4. The van der Waals surface area contributed by atoms with Gasteiger partial charge in [0, 0.05) is 17.3 Å². The highest BCUT2D eigenvalue weighted by molar-refractivity contribution is 5.70. The van der Waals surface area contributed by atoms with Crippen LogP contribution in [0.3, 0.4) is 0 Å². The second kappa shape index (κ2) is 5.34. The largest absolute Gasteiger partial charge is 0.497 e. The molecule has 98 valence electrons. The van der Waals surface area contributed by atoms with Gasteiger partial charge in [-0.05, 0) is 12.1 Å². The van der Waals surface area contributed by atoms with Gasteiger partial charge in [-0.3, -0.25) is 9.59 Å². The third-order valence-corrected chi connectivity index (χ3v) is 2.56. The van der Waals surface area contributed by atoms with Crippen molar-refractivity contribution >= 4 is 5.97 Å². The van der Waals surface area contributed by atoms with Crippen molar-refractivity contribution in [3.05, 3.63) is 46.4 Å². The summed E-state index contributed by atoms with van der Waals surface area (Å²) in [4.78, 5) is 28.9. The number of hydrogen-bond donors (Lipinski definition) is 2. The van der Waals surface area contributed by atoms with Crippen LogP contribution in [-0.2, 0) is 11.2 Å². The molecule has 1 aromatic carbocycles. The number of carboxylic acid groups (broad SMARTS) is 1. The number of aliphatic carboxylic acids is 1. The van der Waals surface area contributed by atoms with Gasteiger partial charge in [-0.15, -0.1) is 0 Å². The minimum atomic E-state index is -1.07. The number of benzene rings is 1. The highest BCUT2D eigenvalue weighted by Crippen LogP contribution is 2.19. The van der Waals surface area contributed by atoms with Gasteiger partial charge in [0.15, 0.2) is 0 Å². The smallest absolute Gasteiger partial charge is 0.308 e. The maximum absolute atomic E-state index is 11.7. The summed E-state index contributed by atoms with van der Waals surface area (Å²) in [6.45, 7) is 0. The lowest BCUT2D eigenvalue weighted by Crippen LogP contribution is -2.17. The molecule has 1 aromatic heterocycles. The zero-order chi connectivity index (χ0) is 13.8. The van der Waals surface area contributed by atoms with Crippen molar-refractivity contribution in [2.75, 3.05) is 7.11 Å². The second-order valence-electron chi connectivity index (χ2n) is 3.89. The lowest BCUT2D eigenvalue weighted by molar-refractivity contribution is -0.136.